The highest BCUT2D eigenvalue weighted by Gasteiger charge is 2.19. The number of aromatic nitrogens is 2. The van der Waals surface area contributed by atoms with E-state index in [-0.39, 0.29) is 16.7 Å². The van der Waals surface area contributed by atoms with Crippen molar-refractivity contribution < 1.29 is 4.79 Å². The molecule has 2 aromatic carbocycles. The molecule has 0 radical (unpaired) electrons. The van der Waals surface area contributed by atoms with Crippen molar-refractivity contribution in [2.45, 2.75) is 50.6 Å². The van der Waals surface area contributed by atoms with Crippen LogP contribution in [0.5, 0.6) is 0 Å². The molecule has 3 aromatic rings. The number of benzene rings is 2. The SMILES string of the molecule is CCCCn1c(S[C@@H](C)C(=O)Nc2cccc(C)c2)nc2ccccc2c1=O. The lowest BCUT2D eigenvalue weighted by Gasteiger charge is -2.16. The highest BCUT2D eigenvalue weighted by Crippen LogP contribution is 2.24. The van der Waals surface area contributed by atoms with Gasteiger partial charge in [-0.25, -0.2) is 4.98 Å². The van der Waals surface area contributed by atoms with E-state index >= 15 is 0 Å². The third kappa shape index (κ3) is 4.62. The van der Waals surface area contributed by atoms with Gasteiger partial charge in [0.15, 0.2) is 5.16 Å². The molecule has 1 amide bonds. The summed E-state index contributed by atoms with van der Waals surface area (Å²) in [6.45, 7) is 6.51. The van der Waals surface area contributed by atoms with Crippen molar-refractivity contribution in [3.63, 3.8) is 0 Å². The summed E-state index contributed by atoms with van der Waals surface area (Å²) in [6, 6.07) is 15.1. The van der Waals surface area contributed by atoms with Gasteiger partial charge >= 0.3 is 0 Å². The van der Waals surface area contributed by atoms with Gasteiger partial charge in [-0.2, -0.15) is 0 Å². The Bertz CT molecular complexity index is 1050. The van der Waals surface area contributed by atoms with Crippen LogP contribution < -0.4 is 10.9 Å². The van der Waals surface area contributed by atoms with Crippen LogP contribution in [0, 0.1) is 6.92 Å². The van der Waals surface area contributed by atoms with E-state index in [2.05, 4.69) is 17.2 Å². The first kappa shape index (κ1) is 20.1. The van der Waals surface area contributed by atoms with E-state index in [0.29, 0.717) is 22.6 Å². The van der Waals surface area contributed by atoms with Crippen LogP contribution in [0.3, 0.4) is 0 Å². The van der Waals surface area contributed by atoms with Crippen LogP contribution in [0.4, 0.5) is 5.69 Å². The minimum Gasteiger partial charge on any atom is -0.325 e. The number of para-hydroxylation sites is 1. The number of fused-ring (bicyclic) bond motifs is 1. The highest BCUT2D eigenvalue weighted by atomic mass is 32.2. The van der Waals surface area contributed by atoms with Crippen molar-refractivity contribution in [3.8, 4) is 0 Å². The number of hydrogen-bond donors (Lipinski definition) is 1. The van der Waals surface area contributed by atoms with Crippen LogP contribution in [0.2, 0.25) is 0 Å². The number of carbonyl (C=O) groups is 1. The number of aryl methyl sites for hydroxylation is 1. The molecule has 6 heteroatoms. The Labute approximate surface area is 169 Å². The van der Waals surface area contributed by atoms with E-state index in [1.807, 2.05) is 56.3 Å². The Hall–Kier alpha value is -2.60. The fourth-order valence-corrected chi connectivity index (χ4v) is 3.86. The minimum absolute atomic E-state index is 0.0483. The van der Waals surface area contributed by atoms with E-state index in [0.717, 1.165) is 24.1 Å². The monoisotopic (exact) mass is 395 g/mol. The second-order valence-corrected chi connectivity index (χ2v) is 8.15. The Balaban J connectivity index is 1.87. The molecule has 0 aliphatic carbocycles. The van der Waals surface area contributed by atoms with Gasteiger partial charge in [0.1, 0.15) is 0 Å². The number of nitrogens with zero attached hydrogens (tertiary/aromatic N) is 2. The van der Waals surface area contributed by atoms with Crippen molar-refractivity contribution in [1.82, 2.24) is 9.55 Å². The maximum absolute atomic E-state index is 12.9. The van der Waals surface area contributed by atoms with Gasteiger partial charge in [0.05, 0.1) is 16.2 Å². The molecule has 0 spiro atoms. The van der Waals surface area contributed by atoms with Gasteiger partial charge in [-0.1, -0.05) is 49.4 Å². The molecule has 0 aliphatic rings. The molecule has 146 valence electrons. The topological polar surface area (TPSA) is 64.0 Å². The van der Waals surface area contributed by atoms with Gasteiger partial charge in [0, 0.05) is 12.2 Å². The Kier molecular flexibility index (Phi) is 6.52. The number of rotatable bonds is 7. The standard InChI is InChI=1S/C22H25N3O2S/c1-4-5-13-25-21(27)18-11-6-7-12-19(18)24-22(25)28-16(3)20(26)23-17-10-8-9-15(2)14-17/h6-12,14,16H,4-5,13H2,1-3H3,(H,23,26)/t16-/m0/s1. The molecule has 1 N–H and O–H groups in total. The van der Waals surface area contributed by atoms with E-state index in [1.54, 1.807) is 10.6 Å². The zero-order valence-electron chi connectivity index (χ0n) is 16.4. The van der Waals surface area contributed by atoms with Crippen molar-refractivity contribution in [1.29, 1.82) is 0 Å². The number of unbranched alkanes of at least 4 members (excludes halogenated alkanes) is 1. The van der Waals surface area contributed by atoms with Crippen LogP contribution in [0.1, 0.15) is 32.3 Å². The van der Waals surface area contributed by atoms with Crippen LogP contribution in [0.15, 0.2) is 58.5 Å². The molecule has 0 fully saturated rings. The molecule has 0 aliphatic heterocycles. The number of nitrogens with one attached hydrogen (secondary N) is 1. The second kappa shape index (κ2) is 9.06. The fraction of sp³-hybridized carbons (Fsp3) is 0.318. The summed E-state index contributed by atoms with van der Waals surface area (Å²) in [6.07, 6.45) is 1.87. The Morgan fingerprint density at radius 3 is 2.75 bits per heavy atom. The molecule has 1 atom stereocenters. The molecule has 5 nitrogen and oxygen atoms in total. The third-order valence-corrected chi connectivity index (χ3v) is 5.59. The molecular weight excluding hydrogens is 370 g/mol. The summed E-state index contributed by atoms with van der Waals surface area (Å²) in [5, 5.41) is 3.75. The van der Waals surface area contributed by atoms with Gasteiger partial charge in [-0.05, 0) is 50.1 Å². The highest BCUT2D eigenvalue weighted by molar-refractivity contribution is 8.00. The Morgan fingerprint density at radius 2 is 2.00 bits per heavy atom. The minimum atomic E-state index is -0.388. The van der Waals surface area contributed by atoms with E-state index < -0.39 is 0 Å². The van der Waals surface area contributed by atoms with Gasteiger partial charge in [0.25, 0.3) is 5.56 Å². The van der Waals surface area contributed by atoms with Gasteiger partial charge in [0.2, 0.25) is 5.91 Å². The van der Waals surface area contributed by atoms with Gasteiger partial charge in [-0.3, -0.25) is 14.2 Å². The normalized spacial score (nSPS) is 12.1. The van der Waals surface area contributed by atoms with Gasteiger partial charge in [-0.15, -0.1) is 0 Å². The van der Waals surface area contributed by atoms with E-state index in [4.69, 9.17) is 0 Å². The van der Waals surface area contributed by atoms with Gasteiger partial charge < -0.3 is 5.32 Å². The number of anilines is 1. The summed E-state index contributed by atoms with van der Waals surface area (Å²) in [4.78, 5) is 30.3. The fourth-order valence-electron chi connectivity index (χ4n) is 2.93. The maximum Gasteiger partial charge on any atom is 0.262 e. The Morgan fingerprint density at radius 1 is 1.21 bits per heavy atom. The van der Waals surface area contributed by atoms with Crippen molar-refractivity contribution in [2.75, 3.05) is 5.32 Å². The largest absolute Gasteiger partial charge is 0.325 e. The van der Waals surface area contributed by atoms with E-state index in [1.165, 1.54) is 11.8 Å². The predicted molar refractivity (Wildman–Crippen MR) is 116 cm³/mol. The molecule has 28 heavy (non-hydrogen) atoms. The summed E-state index contributed by atoms with van der Waals surface area (Å²) in [5.74, 6) is -0.111. The maximum atomic E-state index is 12.9. The summed E-state index contributed by atoms with van der Waals surface area (Å²) in [5.41, 5.74) is 2.47. The van der Waals surface area contributed by atoms with Crippen molar-refractivity contribution in [2.24, 2.45) is 0 Å². The first-order valence-electron chi connectivity index (χ1n) is 9.53. The smallest absolute Gasteiger partial charge is 0.262 e. The summed E-state index contributed by atoms with van der Waals surface area (Å²) >= 11 is 1.32. The molecular formula is C22H25N3O2S. The number of carbonyl (C=O) groups excluding carboxylic acids is 1. The lowest BCUT2D eigenvalue weighted by atomic mass is 10.2. The molecule has 0 bridgehead atoms. The second-order valence-electron chi connectivity index (χ2n) is 6.84. The third-order valence-electron chi connectivity index (χ3n) is 4.50. The van der Waals surface area contributed by atoms with Crippen LogP contribution in [0.25, 0.3) is 10.9 Å². The average Bonchev–Trinajstić information content (AvgIpc) is 2.68. The lowest BCUT2D eigenvalue weighted by molar-refractivity contribution is -0.115. The predicted octanol–water partition coefficient (Wildman–Crippen LogP) is 4.62. The molecule has 0 unspecified atom stereocenters. The van der Waals surface area contributed by atoms with Crippen LogP contribution in [-0.2, 0) is 11.3 Å². The number of hydrogen-bond acceptors (Lipinski definition) is 4. The first-order valence-corrected chi connectivity index (χ1v) is 10.4. The zero-order valence-corrected chi connectivity index (χ0v) is 17.3. The zero-order chi connectivity index (χ0) is 20.1. The van der Waals surface area contributed by atoms with Crippen LogP contribution in [-0.4, -0.2) is 20.7 Å². The average molecular weight is 396 g/mol. The molecule has 3 rings (SSSR count). The lowest BCUT2D eigenvalue weighted by Crippen LogP contribution is -2.27. The van der Waals surface area contributed by atoms with Crippen molar-refractivity contribution in [3.05, 3.63) is 64.4 Å². The first-order chi connectivity index (χ1) is 13.5. The van der Waals surface area contributed by atoms with Crippen molar-refractivity contribution >= 4 is 34.3 Å². The quantitative estimate of drug-likeness (QED) is 0.468. The van der Waals surface area contributed by atoms with E-state index in [9.17, 15) is 9.59 Å². The number of amides is 1. The molecule has 0 saturated heterocycles. The molecule has 0 saturated carbocycles. The summed E-state index contributed by atoms with van der Waals surface area (Å²) in [7, 11) is 0. The molecule has 1 heterocycles. The number of thioether (sulfide) groups is 1. The van der Waals surface area contributed by atoms with Crippen LogP contribution >= 0.6 is 11.8 Å². The summed E-state index contributed by atoms with van der Waals surface area (Å²) < 4.78 is 1.70. The molecule has 1 aromatic heterocycles.